The Morgan fingerprint density at radius 3 is 2.81 bits per heavy atom. The largest absolute Gasteiger partial charge is 0.328 e. The Morgan fingerprint density at radius 1 is 1.38 bits per heavy atom. The molecule has 1 unspecified atom stereocenters. The Bertz CT molecular complexity index is 907. The number of nitrogens with zero attached hydrogens (tertiary/aromatic N) is 6. The quantitative estimate of drug-likeness (QED) is 0.646. The van der Waals surface area contributed by atoms with Crippen LogP contribution in [0.15, 0.2) is 36.2 Å². The maximum absolute atomic E-state index is 13.1. The number of halogens is 1. The number of aromatic nitrogens is 5. The second-order valence-corrected chi connectivity index (χ2v) is 7.84. The molecule has 4 rings (SSSR count). The van der Waals surface area contributed by atoms with Gasteiger partial charge in [0.1, 0.15) is 6.33 Å². The number of rotatable bonds is 6. The Hall–Kier alpha value is -2.32. The van der Waals surface area contributed by atoms with E-state index in [0.717, 1.165) is 12.8 Å². The summed E-state index contributed by atoms with van der Waals surface area (Å²) in [6.07, 6.45) is 7.06. The minimum absolute atomic E-state index is 0.0453. The van der Waals surface area contributed by atoms with E-state index >= 15 is 0 Å². The predicted molar refractivity (Wildman–Crippen MR) is 98.5 cm³/mol. The van der Waals surface area contributed by atoms with Gasteiger partial charge in [-0.2, -0.15) is 9.78 Å². The van der Waals surface area contributed by atoms with E-state index in [1.165, 1.54) is 17.7 Å². The van der Waals surface area contributed by atoms with Crippen molar-refractivity contribution in [3.63, 3.8) is 0 Å². The maximum Gasteiger partial charge on any atom is 0.255 e. The summed E-state index contributed by atoms with van der Waals surface area (Å²) in [6.45, 7) is 2.65. The van der Waals surface area contributed by atoms with Crippen LogP contribution in [0.25, 0.3) is 5.95 Å². The Labute approximate surface area is 159 Å². The first-order valence-corrected chi connectivity index (χ1v) is 9.61. The van der Waals surface area contributed by atoms with Gasteiger partial charge >= 0.3 is 0 Å². The molecular weight excluding hydrogens is 372 g/mol. The average molecular weight is 389 g/mol. The molecule has 3 aromatic rings. The van der Waals surface area contributed by atoms with Crippen LogP contribution >= 0.6 is 22.9 Å². The lowest BCUT2D eigenvalue weighted by Crippen LogP contribution is -2.36. The van der Waals surface area contributed by atoms with Gasteiger partial charge < -0.3 is 4.90 Å². The summed E-state index contributed by atoms with van der Waals surface area (Å²) in [6, 6.07) is 3.19. The normalized spacial score (nSPS) is 15.0. The van der Waals surface area contributed by atoms with Crippen LogP contribution in [0.5, 0.6) is 0 Å². The highest BCUT2D eigenvalue weighted by Crippen LogP contribution is 2.34. The molecule has 0 bridgehead atoms. The Balaban J connectivity index is 1.66. The van der Waals surface area contributed by atoms with Gasteiger partial charge in [0.15, 0.2) is 5.82 Å². The molecule has 1 fully saturated rings. The van der Waals surface area contributed by atoms with Crippen molar-refractivity contribution >= 4 is 28.8 Å². The van der Waals surface area contributed by atoms with Crippen molar-refractivity contribution in [2.45, 2.75) is 25.8 Å². The number of thiophene rings is 1. The number of carbonyl (C=O) groups excluding carboxylic acids is 1. The van der Waals surface area contributed by atoms with E-state index in [0.29, 0.717) is 34.1 Å². The summed E-state index contributed by atoms with van der Waals surface area (Å²) in [5.74, 6) is 1.56. The molecule has 0 aromatic carbocycles. The van der Waals surface area contributed by atoms with Gasteiger partial charge in [0, 0.05) is 24.3 Å². The van der Waals surface area contributed by atoms with Gasteiger partial charge in [-0.1, -0.05) is 11.6 Å². The highest BCUT2D eigenvalue weighted by molar-refractivity contribution is 7.14. The zero-order valence-electron chi connectivity index (χ0n) is 14.1. The molecule has 1 saturated carbocycles. The van der Waals surface area contributed by atoms with E-state index < -0.39 is 0 Å². The van der Waals surface area contributed by atoms with Crippen molar-refractivity contribution in [1.82, 2.24) is 29.6 Å². The van der Waals surface area contributed by atoms with Crippen molar-refractivity contribution < 1.29 is 4.79 Å². The molecule has 0 spiro atoms. The lowest BCUT2D eigenvalue weighted by molar-refractivity contribution is 0.0671. The van der Waals surface area contributed by atoms with Crippen molar-refractivity contribution in [2.24, 2.45) is 5.92 Å². The maximum atomic E-state index is 13.1. The first kappa shape index (κ1) is 17.1. The van der Waals surface area contributed by atoms with E-state index in [1.54, 1.807) is 34.6 Å². The second kappa shape index (κ2) is 7.13. The standard InChI is InChI=1S/C17H17ClN6OS/c1-11(15-21-10-22-24(15)17-19-5-2-6-20-17)23(8-12-3-4-12)16(25)13-7-14(18)26-9-13/h2,5-7,9-12H,3-4,8H2,1H3. The third-order valence-corrected chi connectivity index (χ3v) is 5.48. The number of carbonyl (C=O) groups is 1. The molecule has 3 heterocycles. The monoisotopic (exact) mass is 388 g/mol. The van der Waals surface area contributed by atoms with E-state index in [2.05, 4.69) is 20.1 Å². The van der Waals surface area contributed by atoms with Crippen LogP contribution in [0.2, 0.25) is 4.34 Å². The number of hydrogen-bond donors (Lipinski definition) is 0. The fourth-order valence-corrected chi connectivity index (χ4v) is 3.67. The molecule has 7 nitrogen and oxygen atoms in total. The fraction of sp³-hybridized carbons (Fsp3) is 0.353. The Morgan fingerprint density at radius 2 is 2.15 bits per heavy atom. The summed E-state index contributed by atoms with van der Waals surface area (Å²) in [4.78, 5) is 27.8. The number of hydrogen-bond acceptors (Lipinski definition) is 6. The van der Waals surface area contributed by atoms with Gasteiger partial charge in [-0.3, -0.25) is 4.79 Å². The molecule has 1 atom stereocenters. The fourth-order valence-electron chi connectivity index (χ4n) is 2.81. The minimum Gasteiger partial charge on any atom is -0.328 e. The van der Waals surface area contributed by atoms with Crippen LogP contribution in [0.3, 0.4) is 0 Å². The second-order valence-electron chi connectivity index (χ2n) is 6.30. The number of amides is 1. The molecule has 3 aromatic heterocycles. The summed E-state index contributed by atoms with van der Waals surface area (Å²) in [5, 5.41) is 6.04. The zero-order chi connectivity index (χ0) is 18.1. The van der Waals surface area contributed by atoms with Crippen molar-refractivity contribution in [3.8, 4) is 5.95 Å². The molecule has 0 aliphatic heterocycles. The predicted octanol–water partition coefficient (Wildman–Crippen LogP) is 3.39. The topological polar surface area (TPSA) is 76.8 Å². The lowest BCUT2D eigenvalue weighted by atomic mass is 10.2. The van der Waals surface area contributed by atoms with Crippen LogP contribution in [-0.4, -0.2) is 42.1 Å². The van der Waals surface area contributed by atoms with Gasteiger partial charge in [-0.15, -0.1) is 11.3 Å². The third-order valence-electron chi connectivity index (χ3n) is 4.38. The summed E-state index contributed by atoms with van der Waals surface area (Å²) in [7, 11) is 0. The average Bonchev–Trinajstić information content (AvgIpc) is 3.16. The first-order valence-electron chi connectivity index (χ1n) is 8.36. The summed E-state index contributed by atoms with van der Waals surface area (Å²) in [5.41, 5.74) is 0.606. The van der Waals surface area contributed by atoms with Crippen LogP contribution in [0, 0.1) is 5.92 Å². The first-order chi connectivity index (χ1) is 12.6. The molecular formula is C17H17ClN6OS. The van der Waals surface area contributed by atoms with Gasteiger partial charge in [0.25, 0.3) is 11.9 Å². The van der Waals surface area contributed by atoms with Crippen LogP contribution < -0.4 is 0 Å². The van der Waals surface area contributed by atoms with Crippen molar-refractivity contribution in [1.29, 1.82) is 0 Å². The van der Waals surface area contributed by atoms with Gasteiger partial charge in [0.05, 0.1) is 15.9 Å². The van der Waals surface area contributed by atoms with E-state index in [9.17, 15) is 4.79 Å². The van der Waals surface area contributed by atoms with E-state index in [4.69, 9.17) is 11.6 Å². The van der Waals surface area contributed by atoms with Crippen molar-refractivity contribution in [3.05, 3.63) is 52.0 Å². The van der Waals surface area contributed by atoms with E-state index in [1.807, 2.05) is 11.8 Å². The molecule has 26 heavy (non-hydrogen) atoms. The molecule has 0 N–H and O–H groups in total. The molecule has 134 valence electrons. The minimum atomic E-state index is -0.270. The summed E-state index contributed by atoms with van der Waals surface area (Å²) < 4.78 is 2.19. The molecule has 1 aliphatic rings. The SMILES string of the molecule is CC(c1ncnn1-c1ncccn1)N(CC1CC1)C(=O)c1csc(Cl)c1. The molecule has 0 radical (unpaired) electrons. The highest BCUT2D eigenvalue weighted by Gasteiger charge is 2.33. The van der Waals surface area contributed by atoms with E-state index in [-0.39, 0.29) is 11.9 Å². The third kappa shape index (κ3) is 3.47. The van der Waals surface area contributed by atoms with Gasteiger partial charge in [-0.05, 0) is 37.8 Å². The Kier molecular flexibility index (Phi) is 4.69. The van der Waals surface area contributed by atoms with Crippen LogP contribution in [0.1, 0.15) is 42.0 Å². The molecule has 1 aliphatic carbocycles. The van der Waals surface area contributed by atoms with Gasteiger partial charge in [0.2, 0.25) is 0 Å². The molecule has 1 amide bonds. The van der Waals surface area contributed by atoms with Gasteiger partial charge in [-0.25, -0.2) is 15.0 Å². The highest BCUT2D eigenvalue weighted by atomic mass is 35.5. The smallest absolute Gasteiger partial charge is 0.255 e. The van der Waals surface area contributed by atoms with Crippen molar-refractivity contribution in [2.75, 3.05) is 6.54 Å². The molecule has 0 saturated heterocycles. The van der Waals surface area contributed by atoms with Crippen LogP contribution in [-0.2, 0) is 0 Å². The molecule has 9 heteroatoms. The lowest BCUT2D eigenvalue weighted by Gasteiger charge is -2.28. The van der Waals surface area contributed by atoms with Crippen LogP contribution in [0.4, 0.5) is 0 Å². The summed E-state index contributed by atoms with van der Waals surface area (Å²) >= 11 is 7.38. The zero-order valence-corrected chi connectivity index (χ0v) is 15.7.